The number of hydrogen-bond acceptors (Lipinski definition) is 3. The molecular weight excluding hydrogens is 295 g/mol. The molecule has 1 aliphatic heterocycles. The molecule has 0 aromatic heterocycles. The van der Waals surface area contributed by atoms with Crippen molar-refractivity contribution in [3.8, 4) is 0 Å². The highest BCUT2D eigenvalue weighted by molar-refractivity contribution is 5.98. The molecule has 0 spiro atoms. The number of unbranched alkanes of at least 4 members (excludes halogenated alkanes) is 1. The molecule has 0 saturated heterocycles. The summed E-state index contributed by atoms with van der Waals surface area (Å²) in [5.74, 6) is 0.621. The van der Waals surface area contributed by atoms with Crippen molar-refractivity contribution in [2.45, 2.75) is 57.7 Å². The molecular formula is C19H23FO3. The van der Waals surface area contributed by atoms with E-state index in [1.807, 2.05) is 0 Å². The van der Waals surface area contributed by atoms with Crippen LogP contribution in [0.1, 0.15) is 56.9 Å². The van der Waals surface area contributed by atoms with Gasteiger partial charge in [0.1, 0.15) is 11.6 Å². The number of halogens is 1. The number of benzene rings is 1. The maximum absolute atomic E-state index is 13.2. The SMILES string of the molecule is CCCCOC1CC(c2ccc(F)cc2)C2=C(CCCC2=O)O1. The summed E-state index contributed by atoms with van der Waals surface area (Å²) in [5.41, 5.74) is 1.74. The number of allylic oxidation sites excluding steroid dienone is 2. The normalized spacial score (nSPS) is 24.3. The van der Waals surface area contributed by atoms with Gasteiger partial charge in [-0.05, 0) is 30.5 Å². The van der Waals surface area contributed by atoms with Crippen molar-refractivity contribution in [3.05, 3.63) is 47.0 Å². The smallest absolute Gasteiger partial charge is 0.200 e. The average molecular weight is 318 g/mol. The molecule has 0 N–H and O–H groups in total. The maximum Gasteiger partial charge on any atom is 0.200 e. The van der Waals surface area contributed by atoms with Crippen LogP contribution in [0.4, 0.5) is 4.39 Å². The maximum atomic E-state index is 13.2. The van der Waals surface area contributed by atoms with Crippen molar-refractivity contribution < 1.29 is 18.7 Å². The van der Waals surface area contributed by atoms with Crippen molar-refractivity contribution in [2.24, 2.45) is 0 Å². The van der Waals surface area contributed by atoms with E-state index < -0.39 is 0 Å². The van der Waals surface area contributed by atoms with E-state index in [1.54, 1.807) is 12.1 Å². The van der Waals surface area contributed by atoms with Gasteiger partial charge in [0.15, 0.2) is 12.1 Å². The molecule has 1 aliphatic carbocycles. The predicted octanol–water partition coefficient (Wildman–Crippen LogP) is 4.48. The zero-order valence-electron chi connectivity index (χ0n) is 13.5. The Morgan fingerprint density at radius 3 is 2.78 bits per heavy atom. The van der Waals surface area contributed by atoms with Gasteiger partial charge in [-0.2, -0.15) is 0 Å². The lowest BCUT2D eigenvalue weighted by molar-refractivity contribution is -0.139. The van der Waals surface area contributed by atoms with E-state index in [1.165, 1.54) is 12.1 Å². The van der Waals surface area contributed by atoms with Crippen molar-refractivity contribution in [1.82, 2.24) is 0 Å². The molecule has 2 atom stereocenters. The molecule has 2 aliphatic rings. The molecule has 0 fully saturated rings. The fourth-order valence-corrected chi connectivity index (χ4v) is 3.32. The molecule has 0 bridgehead atoms. The summed E-state index contributed by atoms with van der Waals surface area (Å²) < 4.78 is 25.0. The first-order chi connectivity index (χ1) is 11.2. The van der Waals surface area contributed by atoms with Crippen LogP contribution in [-0.2, 0) is 14.3 Å². The number of rotatable bonds is 5. The van der Waals surface area contributed by atoms with E-state index in [0.29, 0.717) is 19.4 Å². The van der Waals surface area contributed by atoms with Gasteiger partial charge >= 0.3 is 0 Å². The Morgan fingerprint density at radius 2 is 2.04 bits per heavy atom. The minimum Gasteiger partial charge on any atom is -0.469 e. The summed E-state index contributed by atoms with van der Waals surface area (Å²) >= 11 is 0. The van der Waals surface area contributed by atoms with Gasteiger partial charge in [-0.3, -0.25) is 4.79 Å². The summed E-state index contributed by atoms with van der Waals surface area (Å²) in [6, 6.07) is 6.43. The molecule has 0 radical (unpaired) electrons. The van der Waals surface area contributed by atoms with Crippen LogP contribution < -0.4 is 0 Å². The van der Waals surface area contributed by atoms with E-state index in [2.05, 4.69) is 6.92 Å². The number of Topliss-reactive ketones (excluding diaryl/α,β-unsaturated/α-hetero) is 1. The van der Waals surface area contributed by atoms with Crippen LogP contribution in [0.5, 0.6) is 0 Å². The fourth-order valence-electron chi connectivity index (χ4n) is 3.32. The third kappa shape index (κ3) is 3.63. The largest absolute Gasteiger partial charge is 0.469 e. The molecule has 1 aromatic rings. The Labute approximate surface area is 136 Å². The molecule has 23 heavy (non-hydrogen) atoms. The van der Waals surface area contributed by atoms with E-state index in [0.717, 1.165) is 42.6 Å². The first-order valence-corrected chi connectivity index (χ1v) is 8.49. The van der Waals surface area contributed by atoms with Gasteiger partial charge in [0, 0.05) is 30.8 Å². The summed E-state index contributed by atoms with van der Waals surface area (Å²) in [4.78, 5) is 12.4. The monoisotopic (exact) mass is 318 g/mol. The minimum atomic E-state index is -0.318. The number of ketones is 1. The van der Waals surface area contributed by atoms with Crippen LogP contribution >= 0.6 is 0 Å². The van der Waals surface area contributed by atoms with Crippen LogP contribution in [0.25, 0.3) is 0 Å². The molecule has 0 saturated carbocycles. The van der Waals surface area contributed by atoms with Gasteiger partial charge < -0.3 is 9.47 Å². The third-order valence-electron chi connectivity index (χ3n) is 4.53. The van der Waals surface area contributed by atoms with E-state index in [9.17, 15) is 9.18 Å². The molecule has 1 heterocycles. The third-order valence-corrected chi connectivity index (χ3v) is 4.53. The number of ether oxygens (including phenoxy) is 2. The number of carbonyl (C=O) groups excluding carboxylic acids is 1. The Kier molecular flexibility index (Phi) is 5.11. The van der Waals surface area contributed by atoms with Crippen LogP contribution in [0.3, 0.4) is 0 Å². The molecule has 2 unspecified atom stereocenters. The highest BCUT2D eigenvalue weighted by Crippen LogP contribution is 2.42. The second-order valence-electron chi connectivity index (χ2n) is 6.23. The van der Waals surface area contributed by atoms with E-state index in [-0.39, 0.29) is 23.8 Å². The zero-order chi connectivity index (χ0) is 16.2. The van der Waals surface area contributed by atoms with Crippen LogP contribution in [0.15, 0.2) is 35.6 Å². The van der Waals surface area contributed by atoms with Gasteiger partial charge in [0.25, 0.3) is 0 Å². The summed E-state index contributed by atoms with van der Waals surface area (Å²) in [7, 11) is 0. The summed E-state index contributed by atoms with van der Waals surface area (Å²) in [6.45, 7) is 2.78. The first-order valence-electron chi connectivity index (χ1n) is 8.49. The van der Waals surface area contributed by atoms with Crippen LogP contribution in [0.2, 0.25) is 0 Å². The lowest BCUT2D eigenvalue weighted by Crippen LogP contribution is -2.32. The van der Waals surface area contributed by atoms with E-state index in [4.69, 9.17) is 9.47 Å². The average Bonchev–Trinajstić information content (AvgIpc) is 2.55. The topological polar surface area (TPSA) is 35.5 Å². The fraction of sp³-hybridized carbons (Fsp3) is 0.526. The van der Waals surface area contributed by atoms with Crippen LogP contribution in [-0.4, -0.2) is 18.7 Å². The van der Waals surface area contributed by atoms with Crippen molar-refractivity contribution >= 4 is 5.78 Å². The Bertz CT molecular complexity index is 591. The van der Waals surface area contributed by atoms with Gasteiger partial charge in [0.05, 0.1) is 6.61 Å². The van der Waals surface area contributed by atoms with Crippen molar-refractivity contribution in [1.29, 1.82) is 0 Å². The highest BCUT2D eigenvalue weighted by Gasteiger charge is 2.37. The lowest BCUT2D eigenvalue weighted by atomic mass is 9.79. The zero-order valence-corrected chi connectivity index (χ0v) is 13.5. The lowest BCUT2D eigenvalue weighted by Gasteiger charge is -2.35. The van der Waals surface area contributed by atoms with E-state index >= 15 is 0 Å². The van der Waals surface area contributed by atoms with Crippen LogP contribution in [0, 0.1) is 5.82 Å². The van der Waals surface area contributed by atoms with Crippen molar-refractivity contribution in [3.63, 3.8) is 0 Å². The molecule has 3 nitrogen and oxygen atoms in total. The molecule has 1 aromatic carbocycles. The van der Waals surface area contributed by atoms with Gasteiger partial charge in [-0.25, -0.2) is 4.39 Å². The first kappa shape index (κ1) is 16.2. The highest BCUT2D eigenvalue weighted by atomic mass is 19.1. The van der Waals surface area contributed by atoms with Gasteiger partial charge in [-0.15, -0.1) is 0 Å². The second-order valence-corrected chi connectivity index (χ2v) is 6.23. The molecule has 3 rings (SSSR count). The molecule has 0 amide bonds. The molecule has 124 valence electrons. The molecule has 4 heteroatoms. The Balaban J connectivity index is 1.86. The minimum absolute atomic E-state index is 0.0567. The quantitative estimate of drug-likeness (QED) is 0.751. The Morgan fingerprint density at radius 1 is 1.26 bits per heavy atom. The predicted molar refractivity (Wildman–Crippen MR) is 85.4 cm³/mol. The Hall–Kier alpha value is -1.68. The summed E-state index contributed by atoms with van der Waals surface area (Å²) in [6.07, 6.45) is 4.54. The van der Waals surface area contributed by atoms with Crippen molar-refractivity contribution in [2.75, 3.05) is 6.61 Å². The number of hydrogen-bond donors (Lipinski definition) is 0. The van der Waals surface area contributed by atoms with Gasteiger partial charge in [0.2, 0.25) is 0 Å². The second kappa shape index (κ2) is 7.26. The standard InChI is InChI=1S/C19H23FO3/c1-2-3-11-22-18-12-15(13-7-9-14(20)10-8-13)19-16(21)5-4-6-17(19)23-18/h7-10,15,18H,2-6,11-12H2,1H3. The summed E-state index contributed by atoms with van der Waals surface area (Å²) in [5, 5.41) is 0. The van der Waals surface area contributed by atoms with Gasteiger partial charge in [-0.1, -0.05) is 25.5 Å². The number of carbonyl (C=O) groups is 1.